The lowest BCUT2D eigenvalue weighted by Crippen LogP contribution is -2.45. The molecule has 3 nitrogen and oxygen atoms in total. The molecule has 2 N–H and O–H groups in total. The van der Waals surface area contributed by atoms with Crippen molar-refractivity contribution in [3.05, 3.63) is 30.5 Å². The average molecular weight is 273 g/mol. The van der Waals surface area contributed by atoms with Crippen LogP contribution in [0.3, 0.4) is 0 Å². The van der Waals surface area contributed by atoms with Gasteiger partial charge in [0.15, 0.2) is 0 Å². The fraction of sp³-hybridized carbons (Fsp3) is 0.400. The molecule has 0 saturated carbocycles. The van der Waals surface area contributed by atoms with Crippen molar-refractivity contribution < 1.29 is 0 Å². The molecule has 1 saturated heterocycles. The van der Waals surface area contributed by atoms with Gasteiger partial charge in [-0.2, -0.15) is 11.8 Å². The monoisotopic (exact) mass is 273 g/mol. The van der Waals surface area contributed by atoms with Crippen LogP contribution in [0.15, 0.2) is 30.5 Å². The molecule has 4 heteroatoms. The van der Waals surface area contributed by atoms with E-state index in [1.165, 1.54) is 0 Å². The number of pyridine rings is 1. The predicted molar refractivity (Wildman–Crippen MR) is 84.9 cm³/mol. The van der Waals surface area contributed by atoms with Gasteiger partial charge >= 0.3 is 0 Å². The first-order chi connectivity index (χ1) is 9.18. The molecule has 2 unspecified atom stereocenters. The lowest BCUT2D eigenvalue weighted by Gasteiger charge is -2.39. The fourth-order valence-electron chi connectivity index (χ4n) is 2.69. The van der Waals surface area contributed by atoms with E-state index in [1.807, 2.05) is 30.1 Å². The normalized spacial score (nSPS) is 23.8. The van der Waals surface area contributed by atoms with Crippen molar-refractivity contribution in [3.8, 4) is 0 Å². The summed E-state index contributed by atoms with van der Waals surface area (Å²) in [6, 6.07) is 8.69. The molecule has 1 aromatic carbocycles. The van der Waals surface area contributed by atoms with Crippen molar-refractivity contribution in [2.24, 2.45) is 0 Å². The summed E-state index contributed by atoms with van der Waals surface area (Å²) in [5, 5.41) is 1.69. The number of benzene rings is 1. The zero-order chi connectivity index (χ0) is 13.4. The average Bonchev–Trinajstić information content (AvgIpc) is 2.43. The van der Waals surface area contributed by atoms with Gasteiger partial charge in [-0.05, 0) is 31.2 Å². The molecule has 0 spiro atoms. The van der Waals surface area contributed by atoms with Gasteiger partial charge in [-0.1, -0.05) is 6.92 Å². The van der Waals surface area contributed by atoms with Gasteiger partial charge in [0.25, 0.3) is 0 Å². The summed E-state index contributed by atoms with van der Waals surface area (Å²) >= 11 is 2.04. The Labute approximate surface area is 118 Å². The number of hydrogen-bond acceptors (Lipinski definition) is 4. The molecule has 2 atom stereocenters. The van der Waals surface area contributed by atoms with Gasteiger partial charge < -0.3 is 10.6 Å². The second kappa shape index (κ2) is 4.93. The molecule has 2 aromatic rings. The van der Waals surface area contributed by atoms with E-state index in [0.717, 1.165) is 34.6 Å². The molecule has 100 valence electrons. The van der Waals surface area contributed by atoms with Crippen molar-refractivity contribution in [1.82, 2.24) is 4.98 Å². The Morgan fingerprint density at radius 2 is 2.16 bits per heavy atom. The van der Waals surface area contributed by atoms with Crippen LogP contribution in [0.5, 0.6) is 0 Å². The number of nitrogen functional groups attached to an aromatic ring is 1. The van der Waals surface area contributed by atoms with Crippen LogP contribution in [-0.4, -0.2) is 28.6 Å². The molecule has 2 heterocycles. The van der Waals surface area contributed by atoms with E-state index in [9.17, 15) is 0 Å². The third-order valence-corrected chi connectivity index (χ3v) is 5.33. The summed E-state index contributed by atoms with van der Waals surface area (Å²) in [5.74, 6) is 1.16. The van der Waals surface area contributed by atoms with Crippen molar-refractivity contribution in [1.29, 1.82) is 0 Å². The quantitative estimate of drug-likeness (QED) is 0.811. The maximum absolute atomic E-state index is 6.37. The van der Waals surface area contributed by atoms with Gasteiger partial charge in [0.1, 0.15) is 0 Å². The summed E-state index contributed by atoms with van der Waals surface area (Å²) in [5.41, 5.74) is 9.35. The maximum Gasteiger partial charge on any atom is 0.0724 e. The zero-order valence-electron chi connectivity index (χ0n) is 11.3. The highest BCUT2D eigenvalue weighted by Crippen LogP contribution is 2.35. The molecular formula is C15H19N3S. The topological polar surface area (TPSA) is 42.2 Å². The van der Waals surface area contributed by atoms with Gasteiger partial charge in [0, 0.05) is 35.2 Å². The van der Waals surface area contributed by atoms with Crippen LogP contribution in [0.4, 0.5) is 11.4 Å². The van der Waals surface area contributed by atoms with E-state index in [-0.39, 0.29) is 0 Å². The highest BCUT2D eigenvalue weighted by molar-refractivity contribution is 8.00. The number of aromatic nitrogens is 1. The largest absolute Gasteiger partial charge is 0.396 e. The Morgan fingerprint density at radius 3 is 3.00 bits per heavy atom. The van der Waals surface area contributed by atoms with E-state index in [4.69, 9.17) is 5.73 Å². The number of anilines is 2. The van der Waals surface area contributed by atoms with E-state index in [0.29, 0.717) is 11.3 Å². The van der Waals surface area contributed by atoms with Crippen LogP contribution >= 0.6 is 11.8 Å². The molecule has 0 radical (unpaired) electrons. The van der Waals surface area contributed by atoms with Crippen molar-refractivity contribution in [2.45, 2.75) is 25.1 Å². The number of rotatable bonds is 1. The summed E-state index contributed by atoms with van der Waals surface area (Å²) in [7, 11) is 0. The predicted octanol–water partition coefficient (Wildman–Crippen LogP) is 3.15. The second-order valence-electron chi connectivity index (χ2n) is 5.08. The van der Waals surface area contributed by atoms with Gasteiger partial charge in [0.05, 0.1) is 16.9 Å². The number of nitrogens with two attached hydrogens (primary N) is 1. The number of nitrogens with zero attached hydrogens (tertiary/aromatic N) is 2. The SMILES string of the molecule is CC1SCCN(c2ccc3ncccc3c2N)C1C. The molecule has 3 rings (SSSR count). The molecular weight excluding hydrogens is 254 g/mol. The van der Waals surface area contributed by atoms with Crippen molar-refractivity contribution in [3.63, 3.8) is 0 Å². The maximum atomic E-state index is 6.37. The number of fused-ring (bicyclic) bond motifs is 1. The van der Waals surface area contributed by atoms with E-state index in [2.05, 4.69) is 35.9 Å². The summed E-state index contributed by atoms with van der Waals surface area (Å²) in [4.78, 5) is 6.79. The Kier molecular flexibility index (Phi) is 3.27. The highest BCUT2D eigenvalue weighted by atomic mass is 32.2. The Hall–Kier alpha value is -1.42. The van der Waals surface area contributed by atoms with Crippen LogP contribution in [0.25, 0.3) is 10.9 Å². The minimum Gasteiger partial charge on any atom is -0.396 e. The first-order valence-electron chi connectivity index (χ1n) is 6.70. The molecule has 1 fully saturated rings. The van der Waals surface area contributed by atoms with Crippen LogP contribution in [0.1, 0.15) is 13.8 Å². The van der Waals surface area contributed by atoms with Gasteiger partial charge in [-0.3, -0.25) is 4.98 Å². The second-order valence-corrected chi connectivity index (χ2v) is 6.56. The molecule has 1 aromatic heterocycles. The molecule has 0 amide bonds. The number of hydrogen-bond donors (Lipinski definition) is 1. The molecule has 0 aliphatic carbocycles. The lowest BCUT2D eigenvalue weighted by molar-refractivity contribution is 0.628. The van der Waals surface area contributed by atoms with Crippen LogP contribution in [0, 0.1) is 0 Å². The van der Waals surface area contributed by atoms with Crippen LogP contribution < -0.4 is 10.6 Å². The highest BCUT2D eigenvalue weighted by Gasteiger charge is 2.26. The first kappa shape index (κ1) is 12.6. The zero-order valence-corrected chi connectivity index (χ0v) is 12.2. The van der Waals surface area contributed by atoms with Crippen molar-refractivity contribution in [2.75, 3.05) is 22.9 Å². The Balaban J connectivity index is 2.07. The minimum atomic E-state index is 0.509. The Bertz CT molecular complexity index is 599. The smallest absolute Gasteiger partial charge is 0.0724 e. The molecule has 19 heavy (non-hydrogen) atoms. The summed E-state index contributed by atoms with van der Waals surface area (Å²) in [6.45, 7) is 5.64. The van der Waals surface area contributed by atoms with Gasteiger partial charge in [0.2, 0.25) is 0 Å². The third kappa shape index (κ3) is 2.14. The van der Waals surface area contributed by atoms with Crippen LogP contribution in [-0.2, 0) is 0 Å². The standard InChI is InChI=1S/C15H19N3S/c1-10-11(2)19-9-8-18(10)14-6-5-13-12(15(14)16)4-3-7-17-13/h3-7,10-11H,8-9,16H2,1-2H3. The summed E-state index contributed by atoms with van der Waals surface area (Å²) in [6.07, 6.45) is 1.81. The Morgan fingerprint density at radius 1 is 1.32 bits per heavy atom. The van der Waals surface area contributed by atoms with E-state index < -0.39 is 0 Å². The molecule has 1 aliphatic rings. The first-order valence-corrected chi connectivity index (χ1v) is 7.75. The van der Waals surface area contributed by atoms with E-state index >= 15 is 0 Å². The van der Waals surface area contributed by atoms with E-state index in [1.54, 1.807) is 0 Å². The molecule has 0 bridgehead atoms. The number of thioether (sulfide) groups is 1. The fourth-order valence-corrected chi connectivity index (χ4v) is 3.79. The van der Waals surface area contributed by atoms with Gasteiger partial charge in [-0.15, -0.1) is 0 Å². The van der Waals surface area contributed by atoms with Crippen LogP contribution in [0.2, 0.25) is 0 Å². The lowest BCUT2D eigenvalue weighted by atomic mass is 10.1. The van der Waals surface area contributed by atoms with Crippen molar-refractivity contribution >= 4 is 34.0 Å². The summed E-state index contributed by atoms with van der Waals surface area (Å²) < 4.78 is 0. The third-order valence-electron chi connectivity index (χ3n) is 4.00. The minimum absolute atomic E-state index is 0.509. The molecule has 1 aliphatic heterocycles. The van der Waals surface area contributed by atoms with Gasteiger partial charge in [-0.25, -0.2) is 0 Å².